The third-order valence-electron chi connectivity index (χ3n) is 5.20. The molecular formula is C28H24N2O3. The first-order valence-corrected chi connectivity index (χ1v) is 10.6. The lowest BCUT2D eigenvalue weighted by atomic mass is 10.1. The summed E-state index contributed by atoms with van der Waals surface area (Å²) in [5, 5.41) is 2.79. The second-order valence-electron chi connectivity index (χ2n) is 7.50. The summed E-state index contributed by atoms with van der Waals surface area (Å²) < 4.78 is 5.60. The fraction of sp³-hybridized carbons (Fsp3) is 0.0714. The molecule has 0 radical (unpaired) electrons. The van der Waals surface area contributed by atoms with Gasteiger partial charge in [0, 0.05) is 24.0 Å². The fourth-order valence-electron chi connectivity index (χ4n) is 3.38. The Morgan fingerprint density at radius 1 is 0.727 bits per heavy atom. The molecule has 0 aliphatic rings. The van der Waals surface area contributed by atoms with Crippen LogP contribution < -0.4 is 15.0 Å². The van der Waals surface area contributed by atoms with Crippen molar-refractivity contribution in [1.29, 1.82) is 0 Å². The molecule has 1 N–H and O–H groups in total. The van der Waals surface area contributed by atoms with E-state index in [1.54, 1.807) is 36.2 Å². The number of nitrogens with zero attached hydrogens (tertiary/aromatic N) is 1. The highest BCUT2D eigenvalue weighted by atomic mass is 16.5. The smallest absolute Gasteiger partial charge is 0.262 e. The molecule has 0 bridgehead atoms. The van der Waals surface area contributed by atoms with Crippen molar-refractivity contribution in [2.24, 2.45) is 0 Å². The first-order valence-electron chi connectivity index (χ1n) is 10.6. The Balaban J connectivity index is 1.29. The summed E-state index contributed by atoms with van der Waals surface area (Å²) in [5.41, 5.74) is 4.16. The Kier molecular flexibility index (Phi) is 6.81. The van der Waals surface area contributed by atoms with Crippen LogP contribution in [0.5, 0.6) is 5.75 Å². The minimum atomic E-state index is -0.275. The van der Waals surface area contributed by atoms with Gasteiger partial charge in [0.2, 0.25) is 0 Å². The fourth-order valence-corrected chi connectivity index (χ4v) is 3.38. The standard InChI is InChI=1S/C28H24N2O3/c1-30(25-10-6-3-7-11-25)28(32)23-12-16-24(17-13-23)29-27(31)20-33-26-18-14-22(15-19-26)21-8-4-2-5-9-21/h2-19H,20H2,1H3,(H,29,31). The third kappa shape index (κ3) is 5.66. The van der Waals surface area contributed by atoms with Crippen LogP contribution in [0.2, 0.25) is 0 Å². The topological polar surface area (TPSA) is 58.6 Å². The number of carbonyl (C=O) groups is 2. The maximum Gasteiger partial charge on any atom is 0.262 e. The molecule has 5 heteroatoms. The maximum absolute atomic E-state index is 12.7. The number of rotatable bonds is 7. The highest BCUT2D eigenvalue weighted by Gasteiger charge is 2.13. The zero-order valence-corrected chi connectivity index (χ0v) is 18.3. The zero-order valence-electron chi connectivity index (χ0n) is 18.3. The molecule has 4 aromatic rings. The van der Waals surface area contributed by atoms with Crippen LogP contribution >= 0.6 is 0 Å². The molecule has 4 rings (SSSR count). The van der Waals surface area contributed by atoms with Crippen molar-refractivity contribution in [3.8, 4) is 16.9 Å². The molecule has 0 aliphatic carbocycles. The van der Waals surface area contributed by atoms with Gasteiger partial charge in [-0.05, 0) is 59.7 Å². The molecule has 2 amide bonds. The minimum Gasteiger partial charge on any atom is -0.484 e. The van der Waals surface area contributed by atoms with Crippen LogP contribution in [0.15, 0.2) is 109 Å². The number of hydrogen-bond acceptors (Lipinski definition) is 3. The third-order valence-corrected chi connectivity index (χ3v) is 5.20. The Morgan fingerprint density at radius 3 is 1.94 bits per heavy atom. The van der Waals surface area contributed by atoms with E-state index in [1.165, 1.54) is 0 Å². The molecule has 0 aromatic heterocycles. The van der Waals surface area contributed by atoms with Crippen molar-refractivity contribution in [2.45, 2.75) is 0 Å². The van der Waals surface area contributed by atoms with Crippen molar-refractivity contribution in [1.82, 2.24) is 0 Å². The predicted molar refractivity (Wildman–Crippen MR) is 132 cm³/mol. The molecule has 0 aliphatic heterocycles. The number of para-hydroxylation sites is 1. The van der Waals surface area contributed by atoms with Gasteiger partial charge in [0.25, 0.3) is 11.8 Å². The molecular weight excluding hydrogens is 412 g/mol. The van der Waals surface area contributed by atoms with E-state index in [0.29, 0.717) is 17.0 Å². The highest BCUT2D eigenvalue weighted by Crippen LogP contribution is 2.22. The number of anilines is 2. The number of amides is 2. The van der Waals surface area contributed by atoms with Gasteiger partial charge in [-0.2, -0.15) is 0 Å². The van der Waals surface area contributed by atoms with Crippen LogP contribution in [-0.2, 0) is 4.79 Å². The summed E-state index contributed by atoms with van der Waals surface area (Å²) in [5.74, 6) is 0.221. The van der Waals surface area contributed by atoms with E-state index < -0.39 is 0 Å². The molecule has 0 fully saturated rings. The van der Waals surface area contributed by atoms with Gasteiger partial charge in [-0.15, -0.1) is 0 Å². The Morgan fingerprint density at radius 2 is 1.30 bits per heavy atom. The molecule has 0 saturated heterocycles. The SMILES string of the molecule is CN(C(=O)c1ccc(NC(=O)COc2ccc(-c3ccccc3)cc2)cc1)c1ccccc1. The summed E-state index contributed by atoms with van der Waals surface area (Å²) in [4.78, 5) is 26.5. The quantitative estimate of drug-likeness (QED) is 0.407. The van der Waals surface area contributed by atoms with Gasteiger partial charge >= 0.3 is 0 Å². The molecule has 0 spiro atoms. The van der Waals surface area contributed by atoms with Gasteiger partial charge in [-0.3, -0.25) is 9.59 Å². The predicted octanol–water partition coefficient (Wildman–Crippen LogP) is 5.65. The van der Waals surface area contributed by atoms with Gasteiger partial charge in [0.05, 0.1) is 0 Å². The number of carbonyl (C=O) groups excluding carboxylic acids is 2. The number of ether oxygens (including phenoxy) is 1. The van der Waals surface area contributed by atoms with Crippen LogP contribution in [0.4, 0.5) is 11.4 Å². The molecule has 4 aromatic carbocycles. The van der Waals surface area contributed by atoms with Gasteiger partial charge in [0.15, 0.2) is 6.61 Å². The molecule has 0 heterocycles. The molecule has 5 nitrogen and oxygen atoms in total. The van der Waals surface area contributed by atoms with E-state index in [9.17, 15) is 9.59 Å². The van der Waals surface area contributed by atoms with Crippen LogP contribution in [-0.4, -0.2) is 25.5 Å². The van der Waals surface area contributed by atoms with Gasteiger partial charge in [-0.25, -0.2) is 0 Å². The lowest BCUT2D eigenvalue weighted by molar-refractivity contribution is -0.118. The Bertz CT molecular complexity index is 1210. The van der Waals surface area contributed by atoms with Crippen molar-refractivity contribution < 1.29 is 14.3 Å². The van der Waals surface area contributed by atoms with Crippen molar-refractivity contribution in [3.05, 3.63) is 115 Å². The Hall–Kier alpha value is -4.38. The largest absolute Gasteiger partial charge is 0.484 e. The molecule has 33 heavy (non-hydrogen) atoms. The van der Waals surface area contributed by atoms with E-state index in [-0.39, 0.29) is 18.4 Å². The first kappa shape index (κ1) is 21.8. The highest BCUT2D eigenvalue weighted by molar-refractivity contribution is 6.06. The van der Waals surface area contributed by atoms with Gasteiger partial charge < -0.3 is 15.0 Å². The summed E-state index contributed by atoms with van der Waals surface area (Å²) in [6.45, 7) is -0.109. The lowest BCUT2D eigenvalue weighted by Crippen LogP contribution is -2.26. The molecule has 164 valence electrons. The first-order chi connectivity index (χ1) is 16.1. The van der Waals surface area contributed by atoms with Crippen LogP contribution in [0, 0.1) is 0 Å². The maximum atomic E-state index is 12.7. The zero-order chi connectivity index (χ0) is 23.0. The molecule has 0 unspecified atom stereocenters. The molecule has 0 saturated carbocycles. The lowest BCUT2D eigenvalue weighted by Gasteiger charge is -2.17. The average molecular weight is 437 g/mol. The second kappa shape index (κ2) is 10.3. The number of hydrogen-bond donors (Lipinski definition) is 1. The van der Waals surface area contributed by atoms with Crippen molar-refractivity contribution in [2.75, 3.05) is 23.9 Å². The normalized spacial score (nSPS) is 10.3. The van der Waals surface area contributed by atoms with E-state index >= 15 is 0 Å². The van der Waals surface area contributed by atoms with E-state index in [4.69, 9.17) is 4.74 Å². The number of nitrogens with one attached hydrogen (secondary N) is 1. The summed E-state index contributed by atoms with van der Waals surface area (Å²) in [7, 11) is 1.73. The van der Waals surface area contributed by atoms with Crippen molar-refractivity contribution in [3.63, 3.8) is 0 Å². The average Bonchev–Trinajstić information content (AvgIpc) is 2.88. The second-order valence-corrected chi connectivity index (χ2v) is 7.50. The molecule has 0 atom stereocenters. The summed E-state index contributed by atoms with van der Waals surface area (Å²) in [6, 6.07) is 33.9. The summed E-state index contributed by atoms with van der Waals surface area (Å²) >= 11 is 0. The van der Waals surface area contributed by atoms with E-state index in [0.717, 1.165) is 16.8 Å². The van der Waals surface area contributed by atoms with E-state index in [1.807, 2.05) is 84.9 Å². The number of benzene rings is 4. The summed E-state index contributed by atoms with van der Waals surface area (Å²) in [6.07, 6.45) is 0. The van der Waals surface area contributed by atoms with E-state index in [2.05, 4.69) is 5.32 Å². The Labute approximate surface area is 193 Å². The van der Waals surface area contributed by atoms with Gasteiger partial charge in [-0.1, -0.05) is 60.7 Å². The van der Waals surface area contributed by atoms with Gasteiger partial charge in [0.1, 0.15) is 5.75 Å². The van der Waals surface area contributed by atoms with Crippen LogP contribution in [0.3, 0.4) is 0 Å². The minimum absolute atomic E-state index is 0.109. The van der Waals surface area contributed by atoms with Crippen LogP contribution in [0.25, 0.3) is 11.1 Å². The van der Waals surface area contributed by atoms with Crippen LogP contribution in [0.1, 0.15) is 10.4 Å². The monoisotopic (exact) mass is 436 g/mol. The van der Waals surface area contributed by atoms with Crippen molar-refractivity contribution >= 4 is 23.2 Å².